The van der Waals surface area contributed by atoms with Crippen molar-refractivity contribution in [2.45, 2.75) is 13.0 Å². The molecular formula is C22H24ClN3O3. The van der Waals surface area contributed by atoms with Gasteiger partial charge in [-0.25, -0.2) is 0 Å². The van der Waals surface area contributed by atoms with Crippen LogP contribution in [-0.2, 0) is 17.8 Å². The SMILES string of the molecule is CN(C)CCn1ccc2cc(NC(=O)Cc3cc(Cl)c4c(c3)OCCO4)ccc21. The number of nitrogens with one attached hydrogen (secondary N) is 1. The maximum atomic E-state index is 12.5. The van der Waals surface area contributed by atoms with E-state index in [0.717, 1.165) is 35.2 Å². The summed E-state index contributed by atoms with van der Waals surface area (Å²) in [6.07, 6.45) is 2.29. The molecule has 7 heteroatoms. The molecule has 0 atom stereocenters. The van der Waals surface area contributed by atoms with Crippen LogP contribution >= 0.6 is 11.6 Å². The fourth-order valence-electron chi connectivity index (χ4n) is 3.44. The molecule has 2 aromatic carbocycles. The van der Waals surface area contributed by atoms with Crippen molar-refractivity contribution in [3.8, 4) is 11.5 Å². The summed E-state index contributed by atoms with van der Waals surface area (Å²) in [6.45, 7) is 2.85. The van der Waals surface area contributed by atoms with Gasteiger partial charge < -0.3 is 24.3 Å². The summed E-state index contributed by atoms with van der Waals surface area (Å²) < 4.78 is 13.3. The first-order valence-electron chi connectivity index (χ1n) is 9.61. The molecule has 0 saturated heterocycles. The van der Waals surface area contributed by atoms with Crippen LogP contribution in [-0.4, -0.2) is 49.2 Å². The Morgan fingerprint density at radius 1 is 1.17 bits per heavy atom. The number of halogens is 1. The van der Waals surface area contributed by atoms with Gasteiger partial charge in [0.2, 0.25) is 5.91 Å². The summed E-state index contributed by atoms with van der Waals surface area (Å²) in [4.78, 5) is 14.7. The van der Waals surface area contributed by atoms with Crippen molar-refractivity contribution in [1.29, 1.82) is 0 Å². The van der Waals surface area contributed by atoms with Crippen LogP contribution in [0.2, 0.25) is 5.02 Å². The van der Waals surface area contributed by atoms with E-state index in [1.807, 2.05) is 24.3 Å². The Balaban J connectivity index is 1.44. The monoisotopic (exact) mass is 413 g/mol. The molecule has 0 unspecified atom stereocenters. The van der Waals surface area contributed by atoms with Crippen molar-refractivity contribution in [1.82, 2.24) is 9.47 Å². The van der Waals surface area contributed by atoms with Crippen LogP contribution in [0.5, 0.6) is 11.5 Å². The lowest BCUT2D eigenvalue weighted by molar-refractivity contribution is -0.115. The lowest BCUT2D eigenvalue weighted by Gasteiger charge is -2.20. The number of ether oxygens (including phenoxy) is 2. The maximum absolute atomic E-state index is 12.5. The molecule has 4 rings (SSSR count). The second-order valence-corrected chi connectivity index (χ2v) is 7.82. The Morgan fingerprint density at radius 3 is 2.83 bits per heavy atom. The number of fused-ring (bicyclic) bond motifs is 2. The number of hydrogen-bond donors (Lipinski definition) is 1. The minimum Gasteiger partial charge on any atom is -0.486 e. The molecular weight excluding hydrogens is 390 g/mol. The predicted molar refractivity (Wildman–Crippen MR) is 115 cm³/mol. The third-order valence-corrected chi connectivity index (χ3v) is 5.14. The van der Waals surface area contributed by atoms with Crippen molar-refractivity contribution in [3.05, 3.63) is 53.2 Å². The number of aromatic nitrogens is 1. The van der Waals surface area contributed by atoms with E-state index in [-0.39, 0.29) is 12.3 Å². The summed E-state index contributed by atoms with van der Waals surface area (Å²) in [7, 11) is 4.13. The number of carbonyl (C=O) groups is 1. The van der Waals surface area contributed by atoms with E-state index < -0.39 is 0 Å². The Kier molecular flexibility index (Phi) is 5.65. The number of anilines is 1. The predicted octanol–water partition coefficient (Wildman–Crippen LogP) is 3.81. The maximum Gasteiger partial charge on any atom is 0.228 e. The van der Waals surface area contributed by atoms with Gasteiger partial charge in [0.05, 0.1) is 11.4 Å². The van der Waals surface area contributed by atoms with Crippen molar-refractivity contribution >= 4 is 34.1 Å². The molecule has 0 spiro atoms. The lowest BCUT2D eigenvalue weighted by Crippen LogP contribution is -2.18. The Hall–Kier alpha value is -2.70. The average molecular weight is 414 g/mol. The van der Waals surface area contributed by atoms with Crippen LogP contribution in [0.25, 0.3) is 10.9 Å². The topological polar surface area (TPSA) is 55.7 Å². The zero-order valence-corrected chi connectivity index (χ0v) is 17.3. The van der Waals surface area contributed by atoms with Gasteiger partial charge in [-0.1, -0.05) is 11.6 Å². The summed E-state index contributed by atoms with van der Waals surface area (Å²) in [6, 6.07) is 11.6. The fourth-order valence-corrected chi connectivity index (χ4v) is 3.73. The van der Waals surface area contributed by atoms with Crippen molar-refractivity contribution in [3.63, 3.8) is 0 Å². The van der Waals surface area contributed by atoms with E-state index in [1.54, 1.807) is 6.07 Å². The Labute approximate surface area is 175 Å². The quantitative estimate of drug-likeness (QED) is 0.667. The molecule has 1 aromatic heterocycles. The van der Waals surface area contributed by atoms with E-state index in [0.29, 0.717) is 29.7 Å². The molecule has 0 radical (unpaired) electrons. The number of nitrogens with zero attached hydrogens (tertiary/aromatic N) is 2. The third kappa shape index (κ3) is 4.49. The van der Waals surface area contributed by atoms with E-state index in [2.05, 4.69) is 41.1 Å². The van der Waals surface area contributed by atoms with E-state index in [9.17, 15) is 4.79 Å². The summed E-state index contributed by atoms with van der Waals surface area (Å²) in [5.41, 5.74) is 2.72. The van der Waals surface area contributed by atoms with Crippen LogP contribution in [0.1, 0.15) is 5.56 Å². The molecule has 0 aliphatic carbocycles. The zero-order chi connectivity index (χ0) is 20.4. The van der Waals surface area contributed by atoms with Crippen molar-refractivity contribution in [2.24, 2.45) is 0 Å². The highest BCUT2D eigenvalue weighted by Crippen LogP contribution is 2.38. The molecule has 2 heterocycles. The van der Waals surface area contributed by atoms with E-state index in [1.165, 1.54) is 0 Å². The first-order chi connectivity index (χ1) is 14.0. The summed E-state index contributed by atoms with van der Waals surface area (Å²) in [5, 5.41) is 4.53. The highest BCUT2D eigenvalue weighted by molar-refractivity contribution is 6.32. The van der Waals surface area contributed by atoms with Gasteiger partial charge in [0.15, 0.2) is 11.5 Å². The number of hydrogen-bond acceptors (Lipinski definition) is 4. The molecule has 0 saturated carbocycles. The number of rotatable bonds is 6. The van der Waals surface area contributed by atoms with Gasteiger partial charge >= 0.3 is 0 Å². The second kappa shape index (κ2) is 8.35. The van der Waals surface area contributed by atoms with Crippen LogP contribution in [0.4, 0.5) is 5.69 Å². The van der Waals surface area contributed by atoms with Crippen LogP contribution in [0.3, 0.4) is 0 Å². The van der Waals surface area contributed by atoms with Gasteiger partial charge in [0.1, 0.15) is 13.2 Å². The van der Waals surface area contributed by atoms with Crippen molar-refractivity contribution in [2.75, 3.05) is 39.2 Å². The van der Waals surface area contributed by atoms with Crippen molar-refractivity contribution < 1.29 is 14.3 Å². The first-order valence-corrected chi connectivity index (χ1v) is 9.99. The minimum absolute atomic E-state index is 0.107. The van der Waals surface area contributed by atoms with Gasteiger partial charge in [-0.3, -0.25) is 4.79 Å². The average Bonchev–Trinajstić information content (AvgIpc) is 3.08. The summed E-state index contributed by atoms with van der Waals surface area (Å²) >= 11 is 6.26. The molecule has 1 aliphatic rings. The lowest BCUT2D eigenvalue weighted by atomic mass is 10.1. The Bertz CT molecular complexity index is 1050. The second-order valence-electron chi connectivity index (χ2n) is 7.41. The van der Waals surface area contributed by atoms with Gasteiger partial charge in [-0.05, 0) is 56.1 Å². The molecule has 1 amide bonds. The minimum atomic E-state index is -0.107. The highest BCUT2D eigenvalue weighted by Gasteiger charge is 2.18. The van der Waals surface area contributed by atoms with E-state index >= 15 is 0 Å². The van der Waals surface area contributed by atoms with Gasteiger partial charge in [0.25, 0.3) is 0 Å². The third-order valence-electron chi connectivity index (χ3n) is 4.86. The molecule has 152 valence electrons. The number of likely N-dealkylation sites (N-methyl/N-ethyl adjacent to an activating group) is 1. The smallest absolute Gasteiger partial charge is 0.228 e. The van der Waals surface area contributed by atoms with Gasteiger partial charge in [0, 0.05) is 35.9 Å². The molecule has 0 fully saturated rings. The molecule has 1 aliphatic heterocycles. The highest BCUT2D eigenvalue weighted by atomic mass is 35.5. The number of amides is 1. The zero-order valence-electron chi connectivity index (χ0n) is 16.6. The fraction of sp³-hybridized carbons (Fsp3) is 0.318. The van der Waals surface area contributed by atoms with E-state index in [4.69, 9.17) is 21.1 Å². The molecule has 6 nitrogen and oxygen atoms in total. The normalized spacial score (nSPS) is 13.1. The number of carbonyl (C=O) groups excluding carboxylic acids is 1. The number of benzene rings is 2. The van der Waals surface area contributed by atoms with Crippen LogP contribution in [0.15, 0.2) is 42.6 Å². The first kappa shape index (κ1) is 19.6. The van der Waals surface area contributed by atoms with Gasteiger partial charge in [-0.15, -0.1) is 0 Å². The molecule has 3 aromatic rings. The van der Waals surface area contributed by atoms with Crippen LogP contribution < -0.4 is 14.8 Å². The molecule has 0 bridgehead atoms. The molecule has 29 heavy (non-hydrogen) atoms. The van der Waals surface area contributed by atoms with Crippen LogP contribution in [0, 0.1) is 0 Å². The molecule has 1 N–H and O–H groups in total. The van der Waals surface area contributed by atoms with Gasteiger partial charge in [-0.2, -0.15) is 0 Å². The summed E-state index contributed by atoms with van der Waals surface area (Å²) in [5.74, 6) is 1.03. The largest absolute Gasteiger partial charge is 0.486 e. The Morgan fingerprint density at radius 2 is 2.00 bits per heavy atom. The standard InChI is InChI=1S/C22H24ClN3O3/c1-25(2)7-8-26-6-5-16-14-17(3-4-19(16)26)24-21(27)13-15-11-18(23)22-20(12-15)28-9-10-29-22/h3-6,11-12,14H,7-10,13H2,1-2H3,(H,24,27).